The van der Waals surface area contributed by atoms with Gasteiger partial charge in [0.05, 0.1) is 0 Å². The highest BCUT2D eigenvalue weighted by Crippen LogP contribution is 2.39. The second-order valence-electron chi connectivity index (χ2n) is 5.08. The highest BCUT2D eigenvalue weighted by molar-refractivity contribution is 5.86. The smallest absolute Gasteiger partial charge is 0.329 e. The summed E-state index contributed by atoms with van der Waals surface area (Å²) in [5, 5.41) is 14.5. The number of urea groups is 1. The van der Waals surface area contributed by atoms with Crippen molar-refractivity contribution >= 4 is 12.0 Å². The minimum Gasteiger partial charge on any atom is -0.480 e. The molecular formula is C14H18N2O3. The van der Waals surface area contributed by atoms with Gasteiger partial charge in [0.2, 0.25) is 0 Å². The topological polar surface area (TPSA) is 78.4 Å². The first-order valence-corrected chi connectivity index (χ1v) is 6.35. The molecule has 5 heteroatoms. The quantitative estimate of drug-likeness (QED) is 0.756. The lowest BCUT2D eigenvalue weighted by Gasteiger charge is -2.26. The summed E-state index contributed by atoms with van der Waals surface area (Å²) in [6, 6.07) is 9.04. The first kappa shape index (κ1) is 13.4. The van der Waals surface area contributed by atoms with Crippen LogP contribution in [0.15, 0.2) is 30.3 Å². The summed E-state index contributed by atoms with van der Waals surface area (Å²) in [7, 11) is 0. The third-order valence-corrected chi connectivity index (χ3v) is 3.51. The molecule has 1 saturated carbocycles. The molecule has 19 heavy (non-hydrogen) atoms. The van der Waals surface area contributed by atoms with Crippen molar-refractivity contribution in [3.05, 3.63) is 35.9 Å². The van der Waals surface area contributed by atoms with Crippen LogP contribution in [0.4, 0.5) is 4.79 Å². The van der Waals surface area contributed by atoms with E-state index in [4.69, 9.17) is 0 Å². The summed E-state index contributed by atoms with van der Waals surface area (Å²) in [6.07, 6.45) is 1.70. The predicted molar refractivity (Wildman–Crippen MR) is 70.6 cm³/mol. The first-order valence-electron chi connectivity index (χ1n) is 6.35. The first-order chi connectivity index (χ1) is 9.02. The molecule has 1 aliphatic carbocycles. The number of benzene rings is 1. The van der Waals surface area contributed by atoms with Gasteiger partial charge in [-0.15, -0.1) is 0 Å². The van der Waals surface area contributed by atoms with Gasteiger partial charge in [0.25, 0.3) is 0 Å². The van der Waals surface area contributed by atoms with E-state index < -0.39 is 17.5 Å². The molecule has 1 aliphatic rings. The molecule has 0 bridgehead atoms. The third kappa shape index (κ3) is 3.24. The second kappa shape index (κ2) is 5.30. The number of nitrogens with one attached hydrogen (secondary N) is 2. The Kier molecular flexibility index (Phi) is 3.74. The molecule has 1 aromatic rings. The molecule has 3 N–H and O–H groups in total. The number of hydrogen-bond donors (Lipinski definition) is 3. The molecule has 1 unspecified atom stereocenters. The molecule has 0 heterocycles. The summed E-state index contributed by atoms with van der Waals surface area (Å²) >= 11 is 0. The van der Waals surface area contributed by atoms with E-state index in [-0.39, 0.29) is 5.92 Å². The highest BCUT2D eigenvalue weighted by atomic mass is 16.4. The molecule has 102 valence electrons. The Morgan fingerprint density at radius 2 is 1.95 bits per heavy atom. The Labute approximate surface area is 112 Å². The average molecular weight is 262 g/mol. The van der Waals surface area contributed by atoms with E-state index in [0.717, 1.165) is 18.4 Å². The van der Waals surface area contributed by atoms with Crippen molar-refractivity contribution in [2.75, 3.05) is 0 Å². The number of carbonyl (C=O) groups excluding carboxylic acids is 1. The van der Waals surface area contributed by atoms with E-state index in [2.05, 4.69) is 10.6 Å². The van der Waals surface area contributed by atoms with Crippen LogP contribution < -0.4 is 10.6 Å². The maximum Gasteiger partial charge on any atom is 0.329 e. The number of hydrogen-bond acceptors (Lipinski definition) is 2. The van der Waals surface area contributed by atoms with E-state index in [1.165, 1.54) is 0 Å². The minimum atomic E-state index is -1.17. The van der Waals surface area contributed by atoms with Gasteiger partial charge in [-0.3, -0.25) is 0 Å². The zero-order valence-corrected chi connectivity index (χ0v) is 10.8. The van der Waals surface area contributed by atoms with Crippen LogP contribution in [-0.2, 0) is 11.3 Å². The molecule has 0 saturated heterocycles. The van der Waals surface area contributed by atoms with Crippen LogP contribution in [0.5, 0.6) is 0 Å². The van der Waals surface area contributed by atoms with Crippen molar-refractivity contribution in [2.45, 2.75) is 31.8 Å². The van der Waals surface area contributed by atoms with Gasteiger partial charge in [0.1, 0.15) is 5.54 Å². The molecule has 1 atom stereocenters. The number of carboxylic acid groups (broad SMARTS) is 1. The van der Waals surface area contributed by atoms with Crippen LogP contribution in [0, 0.1) is 5.92 Å². The Balaban J connectivity index is 1.88. The van der Waals surface area contributed by atoms with E-state index in [9.17, 15) is 14.7 Å². The van der Waals surface area contributed by atoms with E-state index in [1.807, 2.05) is 30.3 Å². The zero-order valence-electron chi connectivity index (χ0n) is 10.8. The van der Waals surface area contributed by atoms with Gasteiger partial charge in [-0.1, -0.05) is 30.3 Å². The van der Waals surface area contributed by atoms with Crippen molar-refractivity contribution in [1.29, 1.82) is 0 Å². The fraction of sp³-hybridized carbons (Fsp3) is 0.429. The molecule has 0 aromatic heterocycles. The molecule has 2 amide bonds. The minimum absolute atomic E-state index is 0.0347. The van der Waals surface area contributed by atoms with Gasteiger partial charge in [0, 0.05) is 6.54 Å². The van der Waals surface area contributed by atoms with Crippen LogP contribution in [-0.4, -0.2) is 22.6 Å². The SMILES string of the molecule is CC(NC(=O)NCc1ccccc1)(C(=O)O)C1CC1. The second-order valence-corrected chi connectivity index (χ2v) is 5.08. The number of carboxylic acids is 1. The molecular weight excluding hydrogens is 244 g/mol. The Morgan fingerprint density at radius 3 is 2.47 bits per heavy atom. The van der Waals surface area contributed by atoms with Gasteiger partial charge in [0.15, 0.2) is 0 Å². The van der Waals surface area contributed by atoms with Crippen molar-refractivity contribution in [3.63, 3.8) is 0 Å². The maximum atomic E-state index is 11.8. The molecule has 1 fully saturated rings. The lowest BCUT2D eigenvalue weighted by atomic mass is 9.96. The van der Waals surface area contributed by atoms with Crippen molar-refractivity contribution in [3.8, 4) is 0 Å². The van der Waals surface area contributed by atoms with E-state index in [1.54, 1.807) is 6.92 Å². The number of aliphatic carboxylic acids is 1. The number of rotatable bonds is 5. The average Bonchev–Trinajstić information content (AvgIpc) is 3.22. The lowest BCUT2D eigenvalue weighted by Crippen LogP contribution is -2.56. The van der Waals surface area contributed by atoms with Crippen molar-refractivity contribution in [2.24, 2.45) is 5.92 Å². The standard InChI is InChI=1S/C14H18N2O3/c1-14(12(17)18,11-7-8-11)16-13(19)15-9-10-5-3-2-4-6-10/h2-6,11H,7-9H2,1H3,(H,17,18)(H2,15,16,19). The normalized spacial score (nSPS) is 17.3. The summed E-state index contributed by atoms with van der Waals surface area (Å²) in [4.78, 5) is 23.1. The van der Waals surface area contributed by atoms with Crippen molar-refractivity contribution < 1.29 is 14.7 Å². The summed E-state index contributed by atoms with van der Waals surface area (Å²) < 4.78 is 0. The largest absolute Gasteiger partial charge is 0.480 e. The Morgan fingerprint density at radius 1 is 1.32 bits per heavy atom. The van der Waals surface area contributed by atoms with Gasteiger partial charge < -0.3 is 15.7 Å². The highest BCUT2D eigenvalue weighted by Gasteiger charge is 2.48. The van der Waals surface area contributed by atoms with E-state index >= 15 is 0 Å². The third-order valence-electron chi connectivity index (χ3n) is 3.51. The Hall–Kier alpha value is -2.04. The van der Waals surface area contributed by atoms with Gasteiger partial charge in [-0.05, 0) is 31.2 Å². The molecule has 2 rings (SSSR count). The number of carbonyl (C=O) groups is 2. The maximum absolute atomic E-state index is 11.8. The monoisotopic (exact) mass is 262 g/mol. The van der Waals surface area contributed by atoms with Gasteiger partial charge in [-0.2, -0.15) is 0 Å². The van der Waals surface area contributed by atoms with Crippen molar-refractivity contribution in [1.82, 2.24) is 10.6 Å². The zero-order chi connectivity index (χ0) is 13.9. The summed E-state index contributed by atoms with van der Waals surface area (Å²) in [5.41, 5.74) is -0.193. The van der Waals surface area contributed by atoms with Crippen LogP contribution in [0.2, 0.25) is 0 Å². The summed E-state index contributed by atoms with van der Waals surface area (Å²) in [6.45, 7) is 1.95. The van der Waals surface area contributed by atoms with Crippen LogP contribution >= 0.6 is 0 Å². The molecule has 5 nitrogen and oxygen atoms in total. The predicted octanol–water partition coefficient (Wildman–Crippen LogP) is 1.74. The van der Waals surface area contributed by atoms with Gasteiger partial charge in [-0.25, -0.2) is 9.59 Å². The number of amides is 2. The molecule has 1 aromatic carbocycles. The Bertz CT molecular complexity index is 471. The summed E-state index contributed by atoms with van der Waals surface area (Å²) in [5.74, 6) is -0.947. The van der Waals surface area contributed by atoms with Crippen LogP contribution in [0.25, 0.3) is 0 Å². The molecule has 0 spiro atoms. The molecule has 0 aliphatic heterocycles. The molecule has 0 radical (unpaired) electrons. The lowest BCUT2D eigenvalue weighted by molar-refractivity contribution is -0.144. The van der Waals surface area contributed by atoms with Crippen LogP contribution in [0.3, 0.4) is 0 Å². The van der Waals surface area contributed by atoms with E-state index in [0.29, 0.717) is 6.54 Å². The van der Waals surface area contributed by atoms with Gasteiger partial charge >= 0.3 is 12.0 Å². The fourth-order valence-corrected chi connectivity index (χ4v) is 2.05. The van der Waals surface area contributed by atoms with Crippen LogP contribution in [0.1, 0.15) is 25.3 Å². The fourth-order valence-electron chi connectivity index (χ4n) is 2.05.